The summed E-state index contributed by atoms with van der Waals surface area (Å²) in [6.07, 6.45) is 2.07. The molecule has 3 heterocycles. The van der Waals surface area contributed by atoms with Crippen molar-refractivity contribution >= 4 is 23.5 Å². The van der Waals surface area contributed by atoms with Crippen LogP contribution >= 0.6 is 0 Å². The molecule has 0 bridgehead atoms. The van der Waals surface area contributed by atoms with E-state index in [2.05, 4.69) is 4.98 Å². The number of carbonyl (C=O) groups excluding carboxylic acids is 3. The lowest BCUT2D eigenvalue weighted by atomic mass is 9.95. The quantitative estimate of drug-likeness (QED) is 0.369. The number of nitrogens with zero attached hydrogens (tertiary/aromatic N) is 3. The number of methoxy groups -OCH3 is 2. The fourth-order valence-electron chi connectivity index (χ4n) is 4.82. The molecule has 0 aliphatic carbocycles. The summed E-state index contributed by atoms with van der Waals surface area (Å²) in [5, 5.41) is 11.5. The van der Waals surface area contributed by atoms with Gasteiger partial charge in [0, 0.05) is 25.3 Å². The second-order valence-electron chi connectivity index (χ2n) is 8.42. The molecule has 0 saturated carbocycles. The summed E-state index contributed by atoms with van der Waals surface area (Å²) in [6, 6.07) is 8.91. The number of pyridine rings is 1. The number of rotatable bonds is 6. The molecule has 10 nitrogen and oxygen atoms in total. The molecule has 4 rings (SSSR count). The van der Waals surface area contributed by atoms with Gasteiger partial charge in [0.15, 0.2) is 0 Å². The standard InChI is InChI=1S/C26H29N3O7/c1-4-36-26(33)28-14-11-16(12-15-28)29-22(17-8-5-6-13-27-17)21(24(31)25(29)32)23(30)20-18(34-2)9-7-10-19(20)35-3/h5-10,13,16,22,30H,4,11-12,14-15H2,1-3H3/b23-21+. The Morgan fingerprint density at radius 1 is 1.06 bits per heavy atom. The van der Waals surface area contributed by atoms with Gasteiger partial charge in [-0.2, -0.15) is 0 Å². The zero-order valence-corrected chi connectivity index (χ0v) is 20.5. The Labute approximate surface area is 209 Å². The SMILES string of the molecule is CCOC(=O)N1CCC(N2C(=O)C(=O)/C(=C(/O)c3c(OC)cccc3OC)C2c2ccccn2)CC1. The summed E-state index contributed by atoms with van der Waals surface area (Å²) < 4.78 is 15.9. The third-order valence-electron chi connectivity index (χ3n) is 6.50. The predicted octanol–water partition coefficient (Wildman–Crippen LogP) is 3.14. The zero-order chi connectivity index (χ0) is 25.8. The predicted molar refractivity (Wildman–Crippen MR) is 130 cm³/mol. The van der Waals surface area contributed by atoms with E-state index in [1.165, 1.54) is 19.1 Å². The molecular weight excluding hydrogens is 466 g/mol. The van der Waals surface area contributed by atoms with Crippen molar-refractivity contribution in [2.24, 2.45) is 0 Å². The highest BCUT2D eigenvalue weighted by molar-refractivity contribution is 6.46. The van der Waals surface area contributed by atoms with E-state index in [0.29, 0.717) is 43.1 Å². The van der Waals surface area contributed by atoms with Gasteiger partial charge in [0.2, 0.25) is 0 Å². The molecule has 1 atom stereocenters. The summed E-state index contributed by atoms with van der Waals surface area (Å²) in [5.74, 6) is -1.36. The van der Waals surface area contributed by atoms with E-state index in [-0.39, 0.29) is 23.8 Å². The fourth-order valence-corrected chi connectivity index (χ4v) is 4.82. The molecule has 190 valence electrons. The number of likely N-dealkylation sites (tertiary alicyclic amines) is 2. The van der Waals surface area contributed by atoms with Crippen LogP contribution in [0.5, 0.6) is 11.5 Å². The van der Waals surface area contributed by atoms with Crippen LogP contribution in [0.25, 0.3) is 5.76 Å². The van der Waals surface area contributed by atoms with Crippen LogP contribution in [0.15, 0.2) is 48.2 Å². The summed E-state index contributed by atoms with van der Waals surface area (Å²) in [5.41, 5.74) is 0.535. The number of aliphatic hydroxyl groups excluding tert-OH is 1. The average molecular weight is 496 g/mol. The topological polar surface area (TPSA) is 119 Å². The normalized spacial score (nSPS) is 19.9. The van der Waals surface area contributed by atoms with E-state index in [1.54, 1.807) is 54.4 Å². The molecule has 1 N–H and O–H groups in total. The fraction of sp³-hybridized carbons (Fsp3) is 0.385. The Balaban J connectivity index is 1.79. The first-order valence-electron chi connectivity index (χ1n) is 11.8. The second kappa shape index (κ2) is 10.7. The van der Waals surface area contributed by atoms with Crippen molar-refractivity contribution in [3.63, 3.8) is 0 Å². The third kappa shape index (κ3) is 4.46. The minimum absolute atomic E-state index is 0.0886. The first-order chi connectivity index (χ1) is 17.4. The molecule has 2 amide bonds. The van der Waals surface area contributed by atoms with Crippen LogP contribution in [0.2, 0.25) is 0 Å². The molecule has 1 unspecified atom stereocenters. The van der Waals surface area contributed by atoms with Crippen molar-refractivity contribution in [3.8, 4) is 11.5 Å². The highest BCUT2D eigenvalue weighted by Gasteiger charge is 2.50. The van der Waals surface area contributed by atoms with Crippen molar-refractivity contribution in [3.05, 3.63) is 59.4 Å². The molecule has 0 radical (unpaired) electrons. The number of piperidine rings is 1. The average Bonchev–Trinajstić information content (AvgIpc) is 3.18. The maximum Gasteiger partial charge on any atom is 0.409 e. The van der Waals surface area contributed by atoms with Crippen LogP contribution in [0, 0.1) is 0 Å². The van der Waals surface area contributed by atoms with Gasteiger partial charge in [-0.05, 0) is 44.0 Å². The number of hydrogen-bond acceptors (Lipinski definition) is 8. The first-order valence-corrected chi connectivity index (χ1v) is 11.8. The summed E-state index contributed by atoms with van der Waals surface area (Å²) in [6.45, 7) is 2.77. The van der Waals surface area contributed by atoms with Gasteiger partial charge < -0.3 is 29.1 Å². The van der Waals surface area contributed by atoms with Crippen LogP contribution in [0.1, 0.15) is 37.1 Å². The van der Waals surface area contributed by atoms with Crippen LogP contribution in [0.3, 0.4) is 0 Å². The van der Waals surface area contributed by atoms with Crippen LogP contribution < -0.4 is 9.47 Å². The van der Waals surface area contributed by atoms with E-state index in [9.17, 15) is 19.5 Å². The number of aromatic nitrogens is 1. The Hall–Kier alpha value is -4.08. The van der Waals surface area contributed by atoms with Crippen molar-refractivity contribution in [1.29, 1.82) is 0 Å². The highest BCUT2D eigenvalue weighted by atomic mass is 16.6. The van der Waals surface area contributed by atoms with Crippen LogP contribution in [-0.4, -0.2) is 77.6 Å². The molecule has 36 heavy (non-hydrogen) atoms. The molecule has 2 aliphatic rings. The van der Waals surface area contributed by atoms with E-state index in [1.807, 2.05) is 0 Å². The van der Waals surface area contributed by atoms with E-state index in [4.69, 9.17) is 14.2 Å². The summed E-state index contributed by atoms with van der Waals surface area (Å²) >= 11 is 0. The number of ether oxygens (including phenoxy) is 3. The van der Waals surface area contributed by atoms with Gasteiger partial charge >= 0.3 is 6.09 Å². The van der Waals surface area contributed by atoms with Gasteiger partial charge in [0.1, 0.15) is 28.9 Å². The maximum atomic E-state index is 13.4. The Bertz CT molecular complexity index is 1150. The van der Waals surface area contributed by atoms with Gasteiger partial charge in [-0.15, -0.1) is 0 Å². The molecule has 2 fully saturated rings. The monoisotopic (exact) mass is 495 g/mol. The number of amides is 2. The molecule has 2 aromatic rings. The molecule has 2 saturated heterocycles. The van der Waals surface area contributed by atoms with Gasteiger partial charge in [0.25, 0.3) is 11.7 Å². The molecule has 1 aromatic heterocycles. The van der Waals surface area contributed by atoms with Gasteiger partial charge in [0.05, 0.1) is 32.1 Å². The minimum Gasteiger partial charge on any atom is -0.506 e. The lowest BCUT2D eigenvalue weighted by Gasteiger charge is -2.38. The van der Waals surface area contributed by atoms with Crippen LogP contribution in [0.4, 0.5) is 4.79 Å². The first kappa shape index (κ1) is 25.0. The smallest absolute Gasteiger partial charge is 0.409 e. The Kier molecular flexibility index (Phi) is 7.42. The van der Waals surface area contributed by atoms with Crippen LogP contribution in [-0.2, 0) is 14.3 Å². The Morgan fingerprint density at radius 2 is 1.72 bits per heavy atom. The van der Waals surface area contributed by atoms with Crippen molar-refractivity contribution < 1.29 is 33.7 Å². The van der Waals surface area contributed by atoms with E-state index < -0.39 is 29.6 Å². The van der Waals surface area contributed by atoms with Gasteiger partial charge in [-0.1, -0.05) is 12.1 Å². The summed E-state index contributed by atoms with van der Waals surface area (Å²) in [7, 11) is 2.88. The maximum absolute atomic E-state index is 13.4. The highest BCUT2D eigenvalue weighted by Crippen LogP contribution is 2.44. The minimum atomic E-state index is -0.917. The largest absolute Gasteiger partial charge is 0.506 e. The lowest BCUT2D eigenvalue weighted by molar-refractivity contribution is -0.142. The van der Waals surface area contributed by atoms with Crippen molar-refractivity contribution in [2.75, 3.05) is 33.9 Å². The zero-order valence-electron chi connectivity index (χ0n) is 20.5. The van der Waals surface area contributed by atoms with Crippen molar-refractivity contribution in [1.82, 2.24) is 14.8 Å². The number of carbonyl (C=O) groups is 3. The van der Waals surface area contributed by atoms with Gasteiger partial charge in [-0.3, -0.25) is 14.6 Å². The third-order valence-corrected chi connectivity index (χ3v) is 6.50. The van der Waals surface area contributed by atoms with Crippen molar-refractivity contribution in [2.45, 2.75) is 31.8 Å². The Morgan fingerprint density at radius 3 is 2.28 bits per heavy atom. The van der Waals surface area contributed by atoms with E-state index in [0.717, 1.165) is 0 Å². The number of ketones is 1. The lowest BCUT2D eigenvalue weighted by Crippen LogP contribution is -2.48. The number of hydrogen-bond donors (Lipinski definition) is 1. The second-order valence-corrected chi connectivity index (χ2v) is 8.42. The number of aliphatic hydroxyl groups is 1. The number of benzene rings is 1. The molecule has 2 aliphatic heterocycles. The van der Waals surface area contributed by atoms with Gasteiger partial charge in [-0.25, -0.2) is 4.79 Å². The summed E-state index contributed by atoms with van der Waals surface area (Å²) in [4.78, 5) is 46.4. The molecule has 0 spiro atoms. The molecule has 1 aromatic carbocycles. The number of Topliss-reactive ketones (excluding diaryl/α,β-unsaturated/α-hetero) is 1. The molecular formula is C26H29N3O7. The van der Waals surface area contributed by atoms with E-state index >= 15 is 0 Å². The molecule has 10 heteroatoms.